The van der Waals surface area contributed by atoms with Crippen molar-refractivity contribution in [2.24, 2.45) is 0 Å². The number of benzene rings is 1. The van der Waals surface area contributed by atoms with Gasteiger partial charge >= 0.3 is 6.09 Å². The molecule has 1 aromatic carbocycles. The van der Waals surface area contributed by atoms with Gasteiger partial charge in [-0.25, -0.2) is 9.78 Å². The fraction of sp³-hybridized carbons (Fsp3) is 0.500. The molecule has 1 atom stereocenters. The lowest BCUT2D eigenvalue weighted by molar-refractivity contribution is 0.109. The average molecular weight is 370 g/mol. The normalized spacial score (nSPS) is 19.8. The standard InChI is InChI=1S/C20H26N4O3/c1-3-27-20(25)24-10-8-15(12-24)23-11-9-17-18(13-23)22-19(21-17)14-4-6-16(26-2)7-5-14/h4-7,15H,3,8-13H2,1-2H3,(H,21,22)/t15-/m1/s1. The molecule has 0 spiro atoms. The molecule has 2 aromatic rings. The number of hydrogen-bond acceptors (Lipinski definition) is 5. The maximum atomic E-state index is 11.9. The third-order valence-electron chi connectivity index (χ3n) is 5.43. The number of likely N-dealkylation sites (tertiary alicyclic amines) is 1. The summed E-state index contributed by atoms with van der Waals surface area (Å²) in [5.74, 6) is 1.75. The Hall–Kier alpha value is -2.54. The van der Waals surface area contributed by atoms with Crippen molar-refractivity contribution in [2.45, 2.75) is 32.4 Å². The highest BCUT2D eigenvalue weighted by molar-refractivity contribution is 5.68. The quantitative estimate of drug-likeness (QED) is 0.896. The number of carbonyl (C=O) groups is 1. The van der Waals surface area contributed by atoms with Crippen LogP contribution in [0, 0.1) is 0 Å². The lowest BCUT2D eigenvalue weighted by Crippen LogP contribution is -2.41. The predicted molar refractivity (Wildman–Crippen MR) is 102 cm³/mol. The summed E-state index contributed by atoms with van der Waals surface area (Å²) in [6.07, 6.45) is 1.73. The Morgan fingerprint density at radius 3 is 2.85 bits per heavy atom. The van der Waals surface area contributed by atoms with Crippen molar-refractivity contribution in [3.63, 3.8) is 0 Å². The van der Waals surface area contributed by atoms with Crippen LogP contribution in [0.5, 0.6) is 5.75 Å². The van der Waals surface area contributed by atoms with Crippen LogP contribution in [0.3, 0.4) is 0 Å². The van der Waals surface area contributed by atoms with Gasteiger partial charge in [0.2, 0.25) is 0 Å². The number of methoxy groups -OCH3 is 1. The number of rotatable bonds is 4. The number of nitrogens with one attached hydrogen (secondary N) is 1. The molecule has 2 aliphatic heterocycles. The van der Waals surface area contributed by atoms with E-state index in [-0.39, 0.29) is 6.09 Å². The summed E-state index contributed by atoms with van der Waals surface area (Å²) < 4.78 is 10.4. The van der Waals surface area contributed by atoms with Crippen LogP contribution in [0.1, 0.15) is 24.7 Å². The molecule has 1 aromatic heterocycles. The van der Waals surface area contributed by atoms with Crippen LogP contribution in [0.25, 0.3) is 11.4 Å². The first-order chi connectivity index (χ1) is 13.2. The number of aromatic amines is 1. The molecule has 4 rings (SSSR count). The second kappa shape index (κ2) is 7.60. The molecule has 144 valence electrons. The first-order valence-corrected chi connectivity index (χ1v) is 9.56. The number of amides is 1. The van der Waals surface area contributed by atoms with E-state index in [0.29, 0.717) is 12.6 Å². The van der Waals surface area contributed by atoms with Crippen molar-refractivity contribution in [3.8, 4) is 17.1 Å². The molecule has 0 aliphatic carbocycles. The highest BCUT2D eigenvalue weighted by Gasteiger charge is 2.33. The third kappa shape index (κ3) is 3.64. The minimum Gasteiger partial charge on any atom is -0.497 e. The Morgan fingerprint density at radius 2 is 2.11 bits per heavy atom. The summed E-state index contributed by atoms with van der Waals surface area (Å²) in [6.45, 7) is 5.60. The van der Waals surface area contributed by atoms with Gasteiger partial charge in [0, 0.05) is 44.2 Å². The fourth-order valence-corrected chi connectivity index (χ4v) is 3.93. The zero-order valence-electron chi connectivity index (χ0n) is 15.9. The number of nitrogens with zero attached hydrogens (tertiary/aromatic N) is 3. The van der Waals surface area contributed by atoms with Gasteiger partial charge in [-0.05, 0) is 37.6 Å². The van der Waals surface area contributed by atoms with Crippen molar-refractivity contribution in [2.75, 3.05) is 33.4 Å². The number of H-pyrrole nitrogens is 1. The second-order valence-electron chi connectivity index (χ2n) is 7.05. The molecule has 2 aliphatic rings. The summed E-state index contributed by atoms with van der Waals surface area (Å²) >= 11 is 0. The minimum atomic E-state index is -0.193. The predicted octanol–water partition coefficient (Wildman–Crippen LogP) is 2.67. The fourth-order valence-electron chi connectivity index (χ4n) is 3.93. The number of aromatic nitrogens is 2. The van der Waals surface area contributed by atoms with Crippen LogP contribution in [0.2, 0.25) is 0 Å². The molecule has 1 amide bonds. The number of fused-ring (bicyclic) bond motifs is 1. The Labute approximate surface area is 159 Å². The zero-order valence-corrected chi connectivity index (χ0v) is 15.9. The summed E-state index contributed by atoms with van der Waals surface area (Å²) in [5.41, 5.74) is 3.39. The summed E-state index contributed by atoms with van der Waals surface area (Å²) in [5, 5.41) is 0. The van der Waals surface area contributed by atoms with Crippen molar-refractivity contribution in [1.29, 1.82) is 0 Å². The summed E-state index contributed by atoms with van der Waals surface area (Å²) in [6, 6.07) is 8.33. The van der Waals surface area contributed by atoms with Gasteiger partial charge in [0.05, 0.1) is 25.1 Å². The first-order valence-electron chi connectivity index (χ1n) is 9.56. The van der Waals surface area contributed by atoms with E-state index in [0.717, 1.165) is 61.9 Å². The lowest BCUT2D eigenvalue weighted by atomic mass is 10.1. The first kappa shape index (κ1) is 17.9. The van der Waals surface area contributed by atoms with Gasteiger partial charge in [-0.1, -0.05) is 0 Å². The van der Waals surface area contributed by atoms with E-state index in [1.165, 1.54) is 5.69 Å². The second-order valence-corrected chi connectivity index (χ2v) is 7.05. The van der Waals surface area contributed by atoms with Crippen molar-refractivity contribution < 1.29 is 14.3 Å². The van der Waals surface area contributed by atoms with Crippen molar-refractivity contribution in [1.82, 2.24) is 19.8 Å². The molecule has 3 heterocycles. The van der Waals surface area contributed by atoms with Crippen LogP contribution < -0.4 is 4.74 Å². The van der Waals surface area contributed by atoms with Gasteiger partial charge in [-0.2, -0.15) is 0 Å². The average Bonchev–Trinajstić information content (AvgIpc) is 3.35. The van der Waals surface area contributed by atoms with E-state index in [1.807, 2.05) is 36.1 Å². The molecule has 0 bridgehead atoms. The van der Waals surface area contributed by atoms with Gasteiger partial charge in [0.1, 0.15) is 11.6 Å². The van der Waals surface area contributed by atoms with Crippen molar-refractivity contribution >= 4 is 6.09 Å². The summed E-state index contributed by atoms with van der Waals surface area (Å²) in [4.78, 5) is 24.5. The molecule has 1 saturated heterocycles. The minimum absolute atomic E-state index is 0.193. The Morgan fingerprint density at radius 1 is 1.30 bits per heavy atom. The molecule has 0 unspecified atom stereocenters. The lowest BCUT2D eigenvalue weighted by Gasteiger charge is -2.31. The molecular formula is C20H26N4O3. The Balaban J connectivity index is 1.43. The van der Waals surface area contributed by atoms with Gasteiger partial charge in [0.25, 0.3) is 0 Å². The SMILES string of the molecule is CCOC(=O)N1CC[C@@H](N2CCc3nc(-c4ccc(OC)cc4)[nH]c3C2)C1. The van der Waals surface area contributed by atoms with Crippen LogP contribution in [0.4, 0.5) is 4.79 Å². The van der Waals surface area contributed by atoms with Gasteiger partial charge in [-0.15, -0.1) is 0 Å². The van der Waals surface area contributed by atoms with Crippen LogP contribution in [-0.4, -0.2) is 65.3 Å². The zero-order chi connectivity index (χ0) is 18.8. The molecule has 27 heavy (non-hydrogen) atoms. The molecule has 1 N–H and O–H groups in total. The van der Waals surface area contributed by atoms with Crippen LogP contribution in [-0.2, 0) is 17.7 Å². The monoisotopic (exact) mass is 370 g/mol. The van der Waals surface area contributed by atoms with E-state index in [2.05, 4.69) is 9.88 Å². The Kier molecular flexibility index (Phi) is 5.03. The van der Waals surface area contributed by atoms with E-state index in [1.54, 1.807) is 7.11 Å². The molecule has 7 nitrogen and oxygen atoms in total. The third-order valence-corrected chi connectivity index (χ3v) is 5.43. The van der Waals surface area contributed by atoms with Crippen molar-refractivity contribution in [3.05, 3.63) is 35.7 Å². The highest BCUT2D eigenvalue weighted by Crippen LogP contribution is 2.27. The highest BCUT2D eigenvalue weighted by atomic mass is 16.6. The number of carbonyl (C=O) groups excluding carboxylic acids is 1. The molecular weight excluding hydrogens is 344 g/mol. The Bertz CT molecular complexity index is 802. The van der Waals surface area contributed by atoms with E-state index in [9.17, 15) is 4.79 Å². The van der Waals surface area contributed by atoms with Crippen LogP contribution in [0.15, 0.2) is 24.3 Å². The number of ether oxygens (including phenoxy) is 2. The molecule has 0 radical (unpaired) electrons. The smallest absolute Gasteiger partial charge is 0.409 e. The topological polar surface area (TPSA) is 70.7 Å². The summed E-state index contributed by atoms with van der Waals surface area (Å²) in [7, 11) is 1.67. The van der Waals surface area contributed by atoms with E-state index in [4.69, 9.17) is 14.5 Å². The number of imidazole rings is 1. The van der Waals surface area contributed by atoms with Gasteiger partial charge < -0.3 is 19.4 Å². The molecule has 7 heteroatoms. The van der Waals surface area contributed by atoms with Crippen LogP contribution >= 0.6 is 0 Å². The van der Waals surface area contributed by atoms with E-state index >= 15 is 0 Å². The maximum Gasteiger partial charge on any atom is 0.409 e. The van der Waals surface area contributed by atoms with Gasteiger partial charge in [-0.3, -0.25) is 4.90 Å². The largest absolute Gasteiger partial charge is 0.497 e. The van der Waals surface area contributed by atoms with Gasteiger partial charge in [0.15, 0.2) is 0 Å². The molecule has 1 fully saturated rings. The molecule has 0 saturated carbocycles. The maximum absolute atomic E-state index is 11.9. The van der Waals surface area contributed by atoms with E-state index < -0.39 is 0 Å². The number of hydrogen-bond donors (Lipinski definition) is 1.